The molecule has 1 amide bonds. The number of hydrogen-bond acceptors (Lipinski definition) is 6. The first-order chi connectivity index (χ1) is 15.4. The van der Waals surface area contributed by atoms with Crippen LogP contribution in [-0.2, 0) is 10.0 Å². The number of hydrogen-bond donors (Lipinski definition) is 2. The maximum atomic E-state index is 12.7. The number of rotatable bonds is 7. The van der Waals surface area contributed by atoms with Crippen molar-refractivity contribution in [3.8, 4) is 5.75 Å². The standard InChI is InChI=1S/C22H22ClN3O4S2/c1-30-20-9-6-16(23)13-19(20)26-11-10-18(14-26)24-22(27)15-4-7-17(8-5-15)25-32(28,29)21-3-2-12-31-21/h2-9,12-13,18,25H,10-11,14H2,1H3,(H,24,27). The minimum atomic E-state index is -3.62. The first-order valence-corrected chi connectivity index (χ1v) is 12.7. The van der Waals surface area contributed by atoms with Gasteiger partial charge in [0.1, 0.15) is 9.96 Å². The van der Waals surface area contributed by atoms with Crippen LogP contribution in [0.1, 0.15) is 16.8 Å². The molecule has 0 radical (unpaired) electrons. The molecule has 4 rings (SSSR count). The molecular weight excluding hydrogens is 470 g/mol. The van der Waals surface area contributed by atoms with Gasteiger partial charge in [0.15, 0.2) is 0 Å². The van der Waals surface area contributed by atoms with Gasteiger partial charge in [0.25, 0.3) is 15.9 Å². The Balaban J connectivity index is 1.37. The van der Waals surface area contributed by atoms with Crippen LogP contribution in [0.4, 0.5) is 11.4 Å². The molecule has 3 aromatic rings. The molecule has 0 spiro atoms. The first kappa shape index (κ1) is 22.4. The Labute approximate surface area is 196 Å². The Morgan fingerprint density at radius 3 is 2.66 bits per heavy atom. The second kappa shape index (κ2) is 9.40. The van der Waals surface area contributed by atoms with Gasteiger partial charge in [-0.05, 0) is 60.3 Å². The van der Waals surface area contributed by atoms with E-state index in [0.717, 1.165) is 35.7 Å². The molecule has 2 heterocycles. The Morgan fingerprint density at radius 2 is 1.97 bits per heavy atom. The third-order valence-electron chi connectivity index (χ3n) is 5.16. The van der Waals surface area contributed by atoms with E-state index in [9.17, 15) is 13.2 Å². The molecule has 0 bridgehead atoms. The fourth-order valence-corrected chi connectivity index (χ4v) is 5.81. The predicted octanol–water partition coefficient (Wildman–Crippen LogP) is 4.22. The Bertz CT molecular complexity index is 1200. The van der Waals surface area contributed by atoms with Crippen LogP contribution >= 0.6 is 22.9 Å². The Hall–Kier alpha value is -2.75. The van der Waals surface area contributed by atoms with Crippen molar-refractivity contribution in [3.63, 3.8) is 0 Å². The van der Waals surface area contributed by atoms with Gasteiger partial charge in [-0.15, -0.1) is 11.3 Å². The summed E-state index contributed by atoms with van der Waals surface area (Å²) in [6, 6.07) is 15.0. The number of halogens is 1. The molecule has 32 heavy (non-hydrogen) atoms. The molecule has 7 nitrogen and oxygen atoms in total. The van der Waals surface area contributed by atoms with Crippen LogP contribution in [0.25, 0.3) is 0 Å². The van der Waals surface area contributed by atoms with E-state index in [0.29, 0.717) is 22.8 Å². The van der Waals surface area contributed by atoms with Gasteiger partial charge in [-0.3, -0.25) is 9.52 Å². The summed E-state index contributed by atoms with van der Waals surface area (Å²) in [7, 11) is -2.00. The molecule has 2 N–H and O–H groups in total. The van der Waals surface area contributed by atoms with Crippen molar-refractivity contribution in [1.82, 2.24) is 5.32 Å². The van der Waals surface area contributed by atoms with E-state index < -0.39 is 10.0 Å². The van der Waals surface area contributed by atoms with E-state index in [2.05, 4.69) is 14.9 Å². The van der Waals surface area contributed by atoms with E-state index in [1.165, 1.54) is 0 Å². The molecule has 168 valence electrons. The molecular formula is C22H22ClN3O4S2. The molecule has 1 fully saturated rings. The summed E-state index contributed by atoms with van der Waals surface area (Å²) >= 11 is 7.28. The van der Waals surface area contributed by atoms with E-state index in [-0.39, 0.29) is 16.2 Å². The molecule has 0 saturated carbocycles. The molecule has 10 heteroatoms. The lowest BCUT2D eigenvalue weighted by molar-refractivity contribution is 0.0940. The van der Waals surface area contributed by atoms with Crippen LogP contribution in [0.5, 0.6) is 5.75 Å². The number of carbonyl (C=O) groups is 1. The predicted molar refractivity (Wildman–Crippen MR) is 128 cm³/mol. The lowest BCUT2D eigenvalue weighted by Gasteiger charge is -2.21. The van der Waals surface area contributed by atoms with Gasteiger partial charge in [0.2, 0.25) is 0 Å². The minimum absolute atomic E-state index is 0.0248. The molecule has 1 aromatic heterocycles. The summed E-state index contributed by atoms with van der Waals surface area (Å²) in [5, 5.41) is 5.38. The number of nitrogens with zero attached hydrogens (tertiary/aromatic N) is 1. The normalized spacial score (nSPS) is 16.1. The van der Waals surface area contributed by atoms with Crippen LogP contribution in [0.3, 0.4) is 0 Å². The van der Waals surface area contributed by atoms with Crippen molar-refractivity contribution in [2.45, 2.75) is 16.7 Å². The maximum Gasteiger partial charge on any atom is 0.271 e. The van der Waals surface area contributed by atoms with Gasteiger partial charge in [0.05, 0.1) is 12.8 Å². The van der Waals surface area contributed by atoms with Crippen molar-refractivity contribution >= 4 is 50.2 Å². The van der Waals surface area contributed by atoms with Gasteiger partial charge in [-0.25, -0.2) is 8.42 Å². The summed E-state index contributed by atoms with van der Waals surface area (Å²) in [5.74, 6) is 0.532. The van der Waals surface area contributed by atoms with E-state index in [1.807, 2.05) is 12.1 Å². The number of methoxy groups -OCH3 is 1. The molecule has 0 aliphatic carbocycles. The average molecular weight is 492 g/mol. The quantitative estimate of drug-likeness (QED) is 0.516. The molecule has 1 saturated heterocycles. The summed E-state index contributed by atoms with van der Waals surface area (Å²) < 4.78 is 32.8. The molecule has 1 atom stereocenters. The highest BCUT2D eigenvalue weighted by Gasteiger charge is 2.26. The number of ether oxygens (including phenoxy) is 1. The van der Waals surface area contributed by atoms with Crippen LogP contribution in [0, 0.1) is 0 Å². The van der Waals surface area contributed by atoms with Crippen LogP contribution in [0.15, 0.2) is 64.2 Å². The second-order valence-electron chi connectivity index (χ2n) is 7.34. The number of anilines is 2. The number of amides is 1. The maximum absolute atomic E-state index is 12.7. The largest absolute Gasteiger partial charge is 0.495 e. The Kier molecular flexibility index (Phi) is 6.59. The monoisotopic (exact) mass is 491 g/mol. The molecule has 1 aliphatic rings. The highest BCUT2D eigenvalue weighted by molar-refractivity contribution is 7.94. The highest BCUT2D eigenvalue weighted by Crippen LogP contribution is 2.33. The van der Waals surface area contributed by atoms with Gasteiger partial charge >= 0.3 is 0 Å². The number of sulfonamides is 1. The molecule has 1 unspecified atom stereocenters. The second-order valence-corrected chi connectivity index (χ2v) is 10.6. The van der Waals surface area contributed by atoms with Crippen molar-refractivity contribution in [2.24, 2.45) is 0 Å². The zero-order chi connectivity index (χ0) is 22.7. The number of thiophene rings is 1. The fraction of sp³-hybridized carbons (Fsp3) is 0.227. The van der Waals surface area contributed by atoms with Crippen LogP contribution in [0.2, 0.25) is 5.02 Å². The number of nitrogens with one attached hydrogen (secondary N) is 2. The lowest BCUT2D eigenvalue weighted by atomic mass is 10.1. The third kappa shape index (κ3) is 5.01. The van der Waals surface area contributed by atoms with Crippen molar-refractivity contribution in [3.05, 3.63) is 70.6 Å². The van der Waals surface area contributed by atoms with Gasteiger partial charge in [-0.2, -0.15) is 0 Å². The number of benzene rings is 2. The van der Waals surface area contributed by atoms with Gasteiger partial charge < -0.3 is 15.0 Å². The molecule has 2 aromatic carbocycles. The average Bonchev–Trinajstić information content (AvgIpc) is 3.47. The van der Waals surface area contributed by atoms with Gasteiger partial charge in [-0.1, -0.05) is 17.7 Å². The molecule has 1 aliphatic heterocycles. The van der Waals surface area contributed by atoms with Crippen molar-refractivity contribution < 1.29 is 17.9 Å². The van der Waals surface area contributed by atoms with E-state index in [4.69, 9.17) is 16.3 Å². The Morgan fingerprint density at radius 1 is 1.19 bits per heavy atom. The SMILES string of the molecule is COc1ccc(Cl)cc1N1CCC(NC(=O)c2ccc(NS(=O)(=O)c3cccs3)cc2)C1. The van der Waals surface area contributed by atoms with Crippen LogP contribution in [-0.4, -0.2) is 40.6 Å². The minimum Gasteiger partial charge on any atom is -0.495 e. The summed E-state index contributed by atoms with van der Waals surface area (Å²) in [5.41, 5.74) is 1.76. The van der Waals surface area contributed by atoms with Crippen molar-refractivity contribution in [2.75, 3.05) is 29.8 Å². The summed E-state index contributed by atoms with van der Waals surface area (Å²) in [6.45, 7) is 1.41. The van der Waals surface area contributed by atoms with Gasteiger partial charge in [0, 0.05) is 35.4 Å². The summed E-state index contributed by atoms with van der Waals surface area (Å²) in [4.78, 5) is 14.8. The summed E-state index contributed by atoms with van der Waals surface area (Å²) in [6.07, 6.45) is 0.792. The zero-order valence-electron chi connectivity index (χ0n) is 17.2. The smallest absolute Gasteiger partial charge is 0.271 e. The first-order valence-electron chi connectivity index (χ1n) is 9.91. The lowest BCUT2D eigenvalue weighted by Crippen LogP contribution is -2.37. The van der Waals surface area contributed by atoms with Crippen molar-refractivity contribution in [1.29, 1.82) is 0 Å². The third-order valence-corrected chi connectivity index (χ3v) is 8.18. The van der Waals surface area contributed by atoms with E-state index >= 15 is 0 Å². The topological polar surface area (TPSA) is 87.7 Å². The van der Waals surface area contributed by atoms with Crippen LogP contribution < -0.4 is 19.7 Å². The zero-order valence-corrected chi connectivity index (χ0v) is 19.6. The highest BCUT2D eigenvalue weighted by atomic mass is 35.5. The van der Waals surface area contributed by atoms with E-state index in [1.54, 1.807) is 55.0 Å². The fourth-order valence-electron chi connectivity index (χ4n) is 3.59. The number of carbonyl (C=O) groups excluding carboxylic acids is 1.